The Kier molecular flexibility index (Phi) is 2.53. The first-order valence-corrected chi connectivity index (χ1v) is 3.90. The summed E-state index contributed by atoms with van der Waals surface area (Å²) in [6.45, 7) is 9.04. The summed E-state index contributed by atoms with van der Waals surface area (Å²) in [5.41, 5.74) is 3.48. The van der Waals surface area contributed by atoms with Crippen molar-refractivity contribution in [1.29, 1.82) is 0 Å². The molecule has 0 aromatic heterocycles. The van der Waals surface area contributed by atoms with Gasteiger partial charge >= 0.3 is 0 Å². The molecule has 0 aliphatic heterocycles. The summed E-state index contributed by atoms with van der Waals surface area (Å²) in [5, 5.41) is 3.25. The fraction of sp³-hybridized carbons (Fsp3) is 0.300. The van der Waals surface area contributed by atoms with Crippen LogP contribution in [0.3, 0.4) is 0 Å². The van der Waals surface area contributed by atoms with Crippen molar-refractivity contribution < 1.29 is 0 Å². The van der Waals surface area contributed by atoms with Crippen LogP contribution in [0.25, 0.3) is 0 Å². The molecule has 0 atom stereocenters. The van der Waals surface area contributed by atoms with Gasteiger partial charge in [-0.25, -0.2) is 0 Å². The van der Waals surface area contributed by atoms with Gasteiger partial charge in [0.25, 0.3) is 0 Å². The lowest BCUT2D eigenvalue weighted by molar-refractivity contribution is 1.20. The van der Waals surface area contributed by atoms with Crippen LogP contribution in [0.1, 0.15) is 18.1 Å². The molecule has 1 nitrogen and oxygen atoms in total. The van der Waals surface area contributed by atoms with E-state index in [1.165, 1.54) is 5.56 Å². The van der Waals surface area contributed by atoms with Crippen LogP contribution in [-0.2, 0) is 0 Å². The normalized spacial score (nSPS) is 9.73. The SMILES string of the molecule is [CH2]c1ccc(C)cc1NCC. The number of hydrogen-bond acceptors (Lipinski definition) is 1. The molecule has 0 saturated carbocycles. The highest BCUT2D eigenvalue weighted by Gasteiger charge is 1.94. The Balaban J connectivity index is 2.93. The third-order valence-electron chi connectivity index (χ3n) is 1.63. The maximum absolute atomic E-state index is 3.92. The van der Waals surface area contributed by atoms with Gasteiger partial charge in [0.1, 0.15) is 0 Å². The summed E-state index contributed by atoms with van der Waals surface area (Å²) < 4.78 is 0. The molecule has 0 amide bonds. The van der Waals surface area contributed by atoms with Crippen molar-refractivity contribution in [1.82, 2.24) is 0 Å². The van der Waals surface area contributed by atoms with E-state index in [2.05, 4.69) is 38.2 Å². The van der Waals surface area contributed by atoms with Crippen LogP contribution in [0.2, 0.25) is 0 Å². The summed E-state index contributed by atoms with van der Waals surface area (Å²) >= 11 is 0. The lowest BCUT2D eigenvalue weighted by Crippen LogP contribution is -1.98. The highest BCUT2D eigenvalue weighted by Crippen LogP contribution is 2.15. The van der Waals surface area contributed by atoms with Gasteiger partial charge < -0.3 is 5.32 Å². The van der Waals surface area contributed by atoms with Crippen molar-refractivity contribution >= 4 is 5.69 Å². The predicted octanol–water partition coefficient (Wildman–Crippen LogP) is 2.61. The van der Waals surface area contributed by atoms with Crippen molar-refractivity contribution in [3.63, 3.8) is 0 Å². The fourth-order valence-electron chi connectivity index (χ4n) is 1.05. The maximum Gasteiger partial charge on any atom is 0.0375 e. The molecule has 11 heavy (non-hydrogen) atoms. The molecule has 0 spiro atoms. The van der Waals surface area contributed by atoms with Crippen LogP contribution in [0, 0.1) is 13.8 Å². The minimum absolute atomic E-state index is 0.950. The molecule has 0 bridgehead atoms. The number of benzene rings is 1. The highest BCUT2D eigenvalue weighted by molar-refractivity contribution is 5.54. The van der Waals surface area contributed by atoms with E-state index in [1.807, 2.05) is 6.07 Å². The number of aryl methyl sites for hydroxylation is 1. The number of hydrogen-bond donors (Lipinski definition) is 1. The first kappa shape index (κ1) is 8.12. The summed E-state index contributed by atoms with van der Waals surface area (Å²) in [6, 6.07) is 6.22. The first-order chi connectivity index (χ1) is 5.24. The molecule has 59 valence electrons. The molecular formula is C10H14N. The third-order valence-corrected chi connectivity index (χ3v) is 1.63. The van der Waals surface area contributed by atoms with E-state index >= 15 is 0 Å². The molecule has 0 aliphatic carbocycles. The molecule has 1 radical (unpaired) electrons. The Morgan fingerprint density at radius 2 is 2.18 bits per heavy atom. The largest absolute Gasteiger partial charge is 0.385 e. The number of rotatable bonds is 2. The average Bonchev–Trinajstić information content (AvgIpc) is 1.98. The minimum atomic E-state index is 0.950. The number of nitrogens with one attached hydrogen (secondary N) is 1. The molecular weight excluding hydrogens is 134 g/mol. The smallest absolute Gasteiger partial charge is 0.0375 e. The summed E-state index contributed by atoms with van der Waals surface area (Å²) in [6.07, 6.45) is 0. The van der Waals surface area contributed by atoms with E-state index < -0.39 is 0 Å². The van der Waals surface area contributed by atoms with E-state index in [0.717, 1.165) is 17.8 Å². The van der Waals surface area contributed by atoms with Crippen molar-refractivity contribution in [2.75, 3.05) is 11.9 Å². The lowest BCUT2D eigenvalue weighted by Gasteiger charge is -2.07. The molecule has 1 aromatic carbocycles. The van der Waals surface area contributed by atoms with Crippen molar-refractivity contribution in [2.45, 2.75) is 13.8 Å². The third kappa shape index (κ3) is 1.97. The van der Waals surface area contributed by atoms with Crippen LogP contribution in [-0.4, -0.2) is 6.54 Å². The van der Waals surface area contributed by atoms with Crippen LogP contribution >= 0.6 is 0 Å². The average molecular weight is 148 g/mol. The quantitative estimate of drug-likeness (QED) is 0.679. The highest BCUT2D eigenvalue weighted by atomic mass is 14.9. The van der Waals surface area contributed by atoms with Crippen molar-refractivity contribution in [3.8, 4) is 0 Å². The fourth-order valence-corrected chi connectivity index (χ4v) is 1.05. The van der Waals surface area contributed by atoms with E-state index in [-0.39, 0.29) is 0 Å². The molecule has 0 saturated heterocycles. The van der Waals surface area contributed by atoms with Gasteiger partial charge in [-0.2, -0.15) is 0 Å². The second-order valence-electron chi connectivity index (χ2n) is 2.69. The lowest BCUT2D eigenvalue weighted by atomic mass is 10.1. The van der Waals surface area contributed by atoms with Crippen LogP contribution in [0.5, 0.6) is 0 Å². The Labute approximate surface area is 68.4 Å². The zero-order chi connectivity index (χ0) is 8.27. The summed E-state index contributed by atoms with van der Waals surface area (Å²) in [4.78, 5) is 0. The van der Waals surface area contributed by atoms with Gasteiger partial charge in [0.15, 0.2) is 0 Å². The van der Waals surface area contributed by atoms with Gasteiger partial charge in [0, 0.05) is 12.2 Å². The van der Waals surface area contributed by atoms with Gasteiger partial charge in [-0.05, 0) is 38.0 Å². The Morgan fingerprint density at radius 1 is 1.45 bits per heavy atom. The van der Waals surface area contributed by atoms with Gasteiger partial charge in [-0.1, -0.05) is 12.1 Å². The van der Waals surface area contributed by atoms with Crippen LogP contribution < -0.4 is 5.32 Å². The molecule has 1 N–H and O–H groups in total. The van der Waals surface area contributed by atoms with Gasteiger partial charge in [-0.15, -0.1) is 0 Å². The zero-order valence-electron chi connectivity index (χ0n) is 7.15. The number of anilines is 1. The molecule has 1 rings (SSSR count). The second-order valence-corrected chi connectivity index (χ2v) is 2.69. The predicted molar refractivity (Wildman–Crippen MR) is 49.8 cm³/mol. The Hall–Kier alpha value is -0.980. The van der Waals surface area contributed by atoms with Gasteiger partial charge in [-0.3, -0.25) is 0 Å². The van der Waals surface area contributed by atoms with Crippen molar-refractivity contribution in [2.24, 2.45) is 0 Å². The molecule has 0 heterocycles. The van der Waals surface area contributed by atoms with Crippen LogP contribution in [0.15, 0.2) is 18.2 Å². The Morgan fingerprint density at radius 3 is 2.82 bits per heavy atom. The van der Waals surface area contributed by atoms with Gasteiger partial charge in [0.2, 0.25) is 0 Å². The van der Waals surface area contributed by atoms with Crippen molar-refractivity contribution in [3.05, 3.63) is 36.2 Å². The van der Waals surface area contributed by atoms with Gasteiger partial charge in [0.05, 0.1) is 0 Å². The molecule has 0 aliphatic rings. The monoisotopic (exact) mass is 148 g/mol. The van der Waals surface area contributed by atoms with E-state index in [4.69, 9.17) is 0 Å². The molecule has 0 fully saturated rings. The van der Waals surface area contributed by atoms with Crippen LogP contribution in [0.4, 0.5) is 5.69 Å². The zero-order valence-corrected chi connectivity index (χ0v) is 7.15. The second kappa shape index (κ2) is 3.42. The first-order valence-electron chi connectivity index (χ1n) is 3.90. The molecule has 0 unspecified atom stereocenters. The molecule has 1 aromatic rings. The maximum atomic E-state index is 3.92. The minimum Gasteiger partial charge on any atom is -0.385 e. The standard InChI is InChI=1S/C10H14N/c1-4-11-10-7-8(2)5-6-9(10)3/h5-7,11H,3-4H2,1-2H3. The van der Waals surface area contributed by atoms with E-state index in [1.54, 1.807) is 0 Å². The summed E-state index contributed by atoms with van der Waals surface area (Å²) in [7, 11) is 0. The Bertz CT molecular complexity index is 241. The van der Waals surface area contributed by atoms with E-state index in [9.17, 15) is 0 Å². The van der Waals surface area contributed by atoms with E-state index in [0.29, 0.717) is 0 Å². The molecule has 1 heteroatoms. The topological polar surface area (TPSA) is 12.0 Å². The summed E-state index contributed by atoms with van der Waals surface area (Å²) in [5.74, 6) is 0.